The Morgan fingerprint density at radius 1 is 1.67 bits per heavy atom. The number of amides is 1. The molecule has 1 unspecified atom stereocenters. The molecular formula is C13H21N3OS. The second-order valence-electron chi connectivity index (χ2n) is 5.19. The molecule has 2 rings (SSSR count). The molecule has 1 saturated heterocycles. The van der Waals surface area contributed by atoms with Crippen LogP contribution in [0.1, 0.15) is 41.7 Å². The van der Waals surface area contributed by atoms with Crippen LogP contribution >= 0.6 is 11.3 Å². The van der Waals surface area contributed by atoms with E-state index in [1.807, 2.05) is 17.3 Å². The van der Waals surface area contributed by atoms with Crippen LogP contribution in [0.2, 0.25) is 0 Å². The number of carbonyl (C=O) groups excluding carboxylic acids is 1. The van der Waals surface area contributed by atoms with Crippen molar-refractivity contribution in [3.8, 4) is 0 Å². The Bertz CT molecular complexity index is 416. The Balaban J connectivity index is 1.99. The van der Waals surface area contributed by atoms with Crippen molar-refractivity contribution in [2.45, 2.75) is 26.2 Å². The maximum absolute atomic E-state index is 12.3. The van der Waals surface area contributed by atoms with Crippen LogP contribution in [0, 0.1) is 5.92 Å². The third-order valence-electron chi connectivity index (χ3n) is 3.30. The third kappa shape index (κ3) is 2.90. The molecule has 100 valence electrons. The van der Waals surface area contributed by atoms with Crippen molar-refractivity contribution < 1.29 is 4.79 Å². The van der Waals surface area contributed by atoms with Crippen LogP contribution in [0.15, 0.2) is 5.38 Å². The maximum Gasteiger partial charge on any atom is 0.273 e. The fraction of sp³-hybridized carbons (Fsp3) is 0.692. The molecule has 0 radical (unpaired) electrons. The smallest absolute Gasteiger partial charge is 0.273 e. The molecule has 0 saturated carbocycles. The second-order valence-corrected chi connectivity index (χ2v) is 6.08. The lowest BCUT2D eigenvalue weighted by Crippen LogP contribution is -2.30. The number of rotatable bonds is 4. The zero-order valence-electron chi connectivity index (χ0n) is 11.3. The monoisotopic (exact) mass is 267 g/mol. The topological polar surface area (TPSA) is 45.2 Å². The molecule has 1 aromatic heterocycles. The van der Waals surface area contributed by atoms with E-state index in [2.05, 4.69) is 24.1 Å². The number of hydrogen-bond acceptors (Lipinski definition) is 4. The van der Waals surface area contributed by atoms with Gasteiger partial charge in [-0.1, -0.05) is 13.8 Å². The molecule has 4 nitrogen and oxygen atoms in total. The molecule has 2 heterocycles. The van der Waals surface area contributed by atoms with Gasteiger partial charge < -0.3 is 10.2 Å². The van der Waals surface area contributed by atoms with E-state index >= 15 is 0 Å². The lowest BCUT2D eigenvalue weighted by molar-refractivity contribution is 0.0782. The molecule has 0 aromatic carbocycles. The van der Waals surface area contributed by atoms with Crippen LogP contribution < -0.4 is 5.32 Å². The largest absolute Gasteiger partial charge is 0.337 e. The first-order chi connectivity index (χ1) is 8.61. The summed E-state index contributed by atoms with van der Waals surface area (Å²) in [4.78, 5) is 18.7. The average Bonchev–Trinajstić information content (AvgIpc) is 2.97. The Kier molecular flexibility index (Phi) is 4.35. The Morgan fingerprint density at radius 2 is 2.44 bits per heavy atom. The van der Waals surface area contributed by atoms with E-state index in [1.165, 1.54) is 0 Å². The molecule has 1 aliphatic heterocycles. The van der Waals surface area contributed by atoms with E-state index in [9.17, 15) is 4.79 Å². The van der Waals surface area contributed by atoms with Crippen molar-refractivity contribution in [3.05, 3.63) is 16.1 Å². The predicted molar refractivity (Wildman–Crippen MR) is 74.1 cm³/mol. The van der Waals surface area contributed by atoms with Gasteiger partial charge in [0.25, 0.3) is 5.91 Å². The summed E-state index contributed by atoms with van der Waals surface area (Å²) in [5, 5.41) is 6.11. The SMILES string of the molecule is CNCC1CCN(C(=O)c2csc(C(C)C)n2)C1. The molecule has 5 heteroatoms. The van der Waals surface area contributed by atoms with E-state index in [1.54, 1.807) is 11.3 Å². The minimum Gasteiger partial charge on any atom is -0.337 e. The van der Waals surface area contributed by atoms with Crippen molar-refractivity contribution in [2.75, 3.05) is 26.7 Å². The van der Waals surface area contributed by atoms with Crippen LogP contribution in [0.25, 0.3) is 0 Å². The lowest BCUT2D eigenvalue weighted by atomic mass is 10.1. The fourth-order valence-electron chi connectivity index (χ4n) is 2.29. The molecule has 1 fully saturated rings. The summed E-state index contributed by atoms with van der Waals surface area (Å²) in [7, 11) is 1.96. The van der Waals surface area contributed by atoms with Crippen LogP contribution in [0.4, 0.5) is 0 Å². The fourth-order valence-corrected chi connectivity index (χ4v) is 3.09. The number of hydrogen-bond donors (Lipinski definition) is 1. The molecule has 18 heavy (non-hydrogen) atoms. The minimum absolute atomic E-state index is 0.0942. The Morgan fingerprint density at radius 3 is 3.06 bits per heavy atom. The van der Waals surface area contributed by atoms with Gasteiger partial charge in [0.1, 0.15) is 5.69 Å². The zero-order chi connectivity index (χ0) is 13.1. The molecule has 0 spiro atoms. The normalized spacial score (nSPS) is 19.8. The van der Waals surface area contributed by atoms with Crippen LogP contribution in [-0.4, -0.2) is 42.5 Å². The number of thiazole rings is 1. The summed E-state index contributed by atoms with van der Waals surface area (Å²) in [6.45, 7) is 6.91. The van der Waals surface area contributed by atoms with Gasteiger partial charge in [0.2, 0.25) is 0 Å². The van der Waals surface area contributed by atoms with E-state index in [0.717, 1.165) is 31.1 Å². The molecular weight excluding hydrogens is 246 g/mol. The summed E-state index contributed by atoms with van der Waals surface area (Å²) < 4.78 is 0. The van der Waals surface area contributed by atoms with Gasteiger partial charge in [0.05, 0.1) is 5.01 Å². The number of likely N-dealkylation sites (tertiary alicyclic amines) is 1. The van der Waals surface area contributed by atoms with Gasteiger partial charge in [0.15, 0.2) is 0 Å². The maximum atomic E-state index is 12.3. The van der Waals surface area contributed by atoms with E-state index in [4.69, 9.17) is 0 Å². The summed E-state index contributed by atoms with van der Waals surface area (Å²) in [5.41, 5.74) is 0.619. The summed E-state index contributed by atoms with van der Waals surface area (Å²) in [5.74, 6) is 1.08. The first kappa shape index (κ1) is 13.5. The first-order valence-electron chi connectivity index (χ1n) is 6.51. The van der Waals surface area contributed by atoms with Gasteiger partial charge in [-0.15, -0.1) is 11.3 Å². The summed E-state index contributed by atoms with van der Waals surface area (Å²) >= 11 is 1.58. The highest BCUT2D eigenvalue weighted by Gasteiger charge is 2.27. The number of nitrogens with one attached hydrogen (secondary N) is 1. The Hall–Kier alpha value is -0.940. The quantitative estimate of drug-likeness (QED) is 0.907. The number of carbonyl (C=O) groups is 1. The zero-order valence-corrected chi connectivity index (χ0v) is 12.1. The van der Waals surface area contributed by atoms with Gasteiger partial charge in [-0.25, -0.2) is 4.98 Å². The van der Waals surface area contributed by atoms with Crippen LogP contribution in [0.5, 0.6) is 0 Å². The lowest BCUT2D eigenvalue weighted by Gasteiger charge is -2.15. The second kappa shape index (κ2) is 5.80. The molecule has 0 bridgehead atoms. The van der Waals surface area contributed by atoms with Gasteiger partial charge in [-0.3, -0.25) is 4.79 Å². The van der Waals surface area contributed by atoms with Crippen molar-refractivity contribution in [3.63, 3.8) is 0 Å². The minimum atomic E-state index is 0.0942. The first-order valence-corrected chi connectivity index (χ1v) is 7.39. The van der Waals surface area contributed by atoms with Crippen molar-refractivity contribution >= 4 is 17.2 Å². The van der Waals surface area contributed by atoms with Gasteiger partial charge >= 0.3 is 0 Å². The van der Waals surface area contributed by atoms with E-state index in [0.29, 0.717) is 17.5 Å². The molecule has 0 aliphatic carbocycles. The van der Waals surface area contributed by atoms with Crippen LogP contribution in [-0.2, 0) is 0 Å². The van der Waals surface area contributed by atoms with Crippen molar-refractivity contribution in [1.29, 1.82) is 0 Å². The predicted octanol–water partition coefficient (Wildman–Crippen LogP) is 1.95. The van der Waals surface area contributed by atoms with E-state index in [-0.39, 0.29) is 5.91 Å². The highest BCUT2D eigenvalue weighted by Crippen LogP contribution is 2.22. The van der Waals surface area contributed by atoms with Crippen LogP contribution in [0.3, 0.4) is 0 Å². The van der Waals surface area contributed by atoms with Crippen molar-refractivity contribution in [1.82, 2.24) is 15.2 Å². The highest BCUT2D eigenvalue weighted by molar-refractivity contribution is 7.09. The summed E-state index contributed by atoms with van der Waals surface area (Å²) in [6, 6.07) is 0. The molecule has 1 aromatic rings. The molecule has 1 aliphatic rings. The highest BCUT2D eigenvalue weighted by atomic mass is 32.1. The van der Waals surface area contributed by atoms with Gasteiger partial charge in [-0.05, 0) is 25.9 Å². The molecule has 1 amide bonds. The van der Waals surface area contributed by atoms with Gasteiger partial charge in [0, 0.05) is 24.4 Å². The molecule has 1 N–H and O–H groups in total. The summed E-state index contributed by atoms with van der Waals surface area (Å²) in [6.07, 6.45) is 1.09. The standard InChI is InChI=1S/C13H21N3OS/c1-9(2)12-15-11(8-18-12)13(17)16-5-4-10(7-16)6-14-3/h8-10,14H,4-7H2,1-3H3. The van der Waals surface area contributed by atoms with Crippen molar-refractivity contribution in [2.24, 2.45) is 5.92 Å². The van der Waals surface area contributed by atoms with Gasteiger partial charge in [-0.2, -0.15) is 0 Å². The molecule has 1 atom stereocenters. The average molecular weight is 267 g/mol. The Labute approximate surface area is 112 Å². The number of aromatic nitrogens is 1. The number of nitrogens with zero attached hydrogens (tertiary/aromatic N) is 2. The third-order valence-corrected chi connectivity index (χ3v) is 4.45. The van der Waals surface area contributed by atoms with E-state index < -0.39 is 0 Å².